The van der Waals surface area contributed by atoms with Crippen LogP contribution < -0.4 is 10.0 Å². The van der Waals surface area contributed by atoms with E-state index in [0.717, 1.165) is 43.1 Å². The Morgan fingerprint density at radius 1 is 0.804 bits per heavy atom. The molecule has 0 aliphatic carbocycles. The summed E-state index contributed by atoms with van der Waals surface area (Å²) >= 11 is 0. The van der Waals surface area contributed by atoms with Crippen molar-refractivity contribution in [1.29, 1.82) is 0 Å². The number of rotatable bonds is 20. The van der Waals surface area contributed by atoms with Crippen LogP contribution in [-0.4, -0.2) is 101 Å². The van der Waals surface area contributed by atoms with E-state index in [1.54, 1.807) is 4.90 Å². The van der Waals surface area contributed by atoms with E-state index >= 15 is 0 Å². The molecule has 0 radical (unpaired) electrons. The average molecular weight is 653 g/mol. The Bertz CT molecular complexity index is 1430. The van der Waals surface area contributed by atoms with Crippen LogP contribution in [0.4, 0.5) is 11.4 Å². The van der Waals surface area contributed by atoms with Gasteiger partial charge < -0.3 is 20.0 Å². The molecule has 0 aliphatic rings. The molecule has 3 aromatic carbocycles. The van der Waals surface area contributed by atoms with E-state index in [4.69, 9.17) is 0 Å². The number of benzene rings is 3. The largest absolute Gasteiger partial charge is 0.379 e. The van der Waals surface area contributed by atoms with Crippen LogP contribution in [0.2, 0.25) is 0 Å². The summed E-state index contributed by atoms with van der Waals surface area (Å²) < 4.78 is 28.6. The zero-order chi connectivity index (χ0) is 33.5. The number of carbonyl (C=O) groups is 1. The van der Waals surface area contributed by atoms with Gasteiger partial charge in [-0.1, -0.05) is 60.7 Å². The molecular weight excluding hydrogens is 604 g/mol. The van der Waals surface area contributed by atoms with Crippen LogP contribution in [0.3, 0.4) is 0 Å². The zero-order valence-corrected chi connectivity index (χ0v) is 28.2. The smallest absolute Gasteiger partial charge is 0.293 e. The van der Waals surface area contributed by atoms with Gasteiger partial charge in [0, 0.05) is 44.6 Å². The zero-order valence-electron chi connectivity index (χ0n) is 27.4. The van der Waals surface area contributed by atoms with Crippen LogP contribution in [0.1, 0.15) is 42.7 Å². The minimum Gasteiger partial charge on any atom is -0.379 e. The number of nitro benzene ring substituents is 1. The summed E-state index contributed by atoms with van der Waals surface area (Å²) in [6, 6.07) is 24.0. The second kappa shape index (κ2) is 18.3. The number of hydrogen-bond donors (Lipinski definition) is 2. The minimum atomic E-state index is -4.08. The molecule has 3 rings (SSSR count). The lowest BCUT2D eigenvalue weighted by atomic mass is 9.88. The maximum absolute atomic E-state index is 13.1. The van der Waals surface area contributed by atoms with E-state index in [2.05, 4.69) is 44.1 Å². The number of anilines is 1. The lowest BCUT2D eigenvalue weighted by Gasteiger charge is -2.24. The van der Waals surface area contributed by atoms with Gasteiger partial charge in [-0.3, -0.25) is 14.9 Å². The van der Waals surface area contributed by atoms with Crippen LogP contribution in [0.5, 0.6) is 0 Å². The van der Waals surface area contributed by atoms with Gasteiger partial charge in [0.15, 0.2) is 0 Å². The van der Waals surface area contributed by atoms with Crippen LogP contribution in [-0.2, 0) is 14.8 Å². The average Bonchev–Trinajstić information content (AvgIpc) is 3.02. The number of nitrogens with zero attached hydrogens (tertiary/aromatic N) is 4. The van der Waals surface area contributed by atoms with Crippen LogP contribution >= 0.6 is 0 Å². The van der Waals surface area contributed by atoms with Crippen molar-refractivity contribution < 1.29 is 18.1 Å². The van der Waals surface area contributed by atoms with Gasteiger partial charge in [0.2, 0.25) is 15.9 Å². The van der Waals surface area contributed by atoms with E-state index in [0.29, 0.717) is 26.1 Å². The molecule has 0 atom stereocenters. The molecule has 0 spiro atoms. The predicted octanol–water partition coefficient (Wildman–Crippen LogP) is 4.63. The van der Waals surface area contributed by atoms with Crippen molar-refractivity contribution in [2.24, 2.45) is 0 Å². The summed E-state index contributed by atoms with van der Waals surface area (Å²) in [6.45, 7) is 3.20. The lowest BCUT2D eigenvalue weighted by molar-refractivity contribution is -0.384. The molecule has 0 saturated carbocycles. The molecule has 3 aromatic rings. The highest BCUT2D eigenvalue weighted by atomic mass is 32.2. The van der Waals surface area contributed by atoms with Crippen molar-refractivity contribution in [2.45, 2.75) is 36.5 Å². The van der Waals surface area contributed by atoms with Crippen LogP contribution in [0.15, 0.2) is 83.8 Å². The fourth-order valence-electron chi connectivity index (χ4n) is 5.28. The second-order valence-corrected chi connectivity index (χ2v) is 13.6. The molecule has 0 saturated heterocycles. The van der Waals surface area contributed by atoms with Crippen molar-refractivity contribution in [1.82, 2.24) is 19.4 Å². The van der Waals surface area contributed by atoms with Gasteiger partial charge in [0.05, 0.1) is 9.82 Å². The number of sulfonamides is 1. The van der Waals surface area contributed by atoms with Gasteiger partial charge in [0.25, 0.3) is 5.69 Å². The Morgan fingerprint density at radius 2 is 1.35 bits per heavy atom. The quantitative estimate of drug-likeness (QED) is 0.134. The first kappa shape index (κ1) is 36.6. The first-order valence-corrected chi connectivity index (χ1v) is 17.2. The van der Waals surface area contributed by atoms with Crippen molar-refractivity contribution in [3.8, 4) is 0 Å². The Balaban J connectivity index is 1.63. The molecule has 0 aromatic heterocycles. The Labute approximate surface area is 273 Å². The molecule has 0 bridgehead atoms. The molecule has 0 aliphatic heterocycles. The first-order chi connectivity index (χ1) is 22.0. The molecule has 46 heavy (non-hydrogen) atoms. The van der Waals surface area contributed by atoms with Crippen LogP contribution in [0.25, 0.3) is 0 Å². The molecule has 2 N–H and O–H groups in total. The fraction of sp³-hybridized carbons (Fsp3) is 0.441. The van der Waals surface area contributed by atoms with Crippen molar-refractivity contribution in [2.75, 3.05) is 72.8 Å². The van der Waals surface area contributed by atoms with Crippen molar-refractivity contribution >= 4 is 27.3 Å². The third-order valence-corrected chi connectivity index (χ3v) is 9.14. The van der Waals surface area contributed by atoms with Gasteiger partial charge in [-0.15, -0.1) is 0 Å². The van der Waals surface area contributed by atoms with Gasteiger partial charge in [-0.2, -0.15) is 0 Å². The molecule has 12 heteroatoms. The highest BCUT2D eigenvalue weighted by molar-refractivity contribution is 7.89. The van der Waals surface area contributed by atoms with E-state index < -0.39 is 14.9 Å². The number of nitro groups is 1. The predicted molar refractivity (Wildman–Crippen MR) is 184 cm³/mol. The van der Waals surface area contributed by atoms with Gasteiger partial charge >= 0.3 is 0 Å². The van der Waals surface area contributed by atoms with Gasteiger partial charge in [-0.25, -0.2) is 13.1 Å². The molecule has 0 unspecified atom stereocenters. The number of hydrogen-bond acceptors (Lipinski definition) is 8. The molecule has 1 amide bonds. The number of carbonyl (C=O) groups excluding carboxylic acids is 1. The third kappa shape index (κ3) is 11.8. The number of amides is 1. The normalized spacial score (nSPS) is 11.7. The Hall–Kier alpha value is -3.84. The second-order valence-electron chi connectivity index (χ2n) is 11.9. The van der Waals surface area contributed by atoms with Crippen molar-refractivity contribution in [3.63, 3.8) is 0 Å². The standard InChI is InChI=1S/C34H48N6O5S/c1-37(2)23-11-25-39(26-12-24-38(3)4)34(41)20-22-36-46(44,45)30-17-18-32(33(27-30)40(42)43)35-21-19-31(28-13-7-5-8-14-28)29-15-9-6-10-16-29/h5-10,13-18,27,31,35-36H,11-12,19-26H2,1-4H3. The fourth-order valence-corrected chi connectivity index (χ4v) is 6.33. The number of nitrogens with one attached hydrogen (secondary N) is 2. The van der Waals surface area contributed by atoms with Gasteiger partial charge in [0.1, 0.15) is 5.69 Å². The maximum atomic E-state index is 13.1. The molecule has 0 fully saturated rings. The van der Waals surface area contributed by atoms with E-state index in [-0.39, 0.29) is 41.1 Å². The highest BCUT2D eigenvalue weighted by Crippen LogP contribution is 2.30. The molecule has 250 valence electrons. The maximum Gasteiger partial charge on any atom is 0.293 e. The topological polar surface area (TPSA) is 128 Å². The van der Waals surface area contributed by atoms with E-state index in [1.165, 1.54) is 12.1 Å². The Morgan fingerprint density at radius 3 is 1.85 bits per heavy atom. The Kier molecular flexibility index (Phi) is 14.6. The van der Waals surface area contributed by atoms with Crippen LogP contribution in [0, 0.1) is 10.1 Å². The summed E-state index contributed by atoms with van der Waals surface area (Å²) in [5.74, 6) is -0.0486. The summed E-state index contributed by atoms with van der Waals surface area (Å²) in [5.41, 5.74) is 2.19. The molecular formula is C34H48N6O5S. The third-order valence-electron chi connectivity index (χ3n) is 7.68. The van der Waals surface area contributed by atoms with E-state index in [1.807, 2.05) is 64.6 Å². The summed E-state index contributed by atoms with van der Waals surface area (Å²) in [4.78, 5) is 30.1. The molecule has 0 heterocycles. The summed E-state index contributed by atoms with van der Waals surface area (Å²) in [5, 5.41) is 15.1. The summed E-state index contributed by atoms with van der Waals surface area (Å²) in [6.07, 6.45) is 2.29. The van der Waals surface area contributed by atoms with E-state index in [9.17, 15) is 23.3 Å². The first-order valence-electron chi connectivity index (χ1n) is 15.7. The molecule has 11 nitrogen and oxygen atoms in total. The highest BCUT2D eigenvalue weighted by Gasteiger charge is 2.23. The van der Waals surface area contributed by atoms with Crippen molar-refractivity contribution in [3.05, 3.63) is 100 Å². The SMILES string of the molecule is CN(C)CCCN(CCCN(C)C)C(=O)CCNS(=O)(=O)c1ccc(NCCC(c2ccccc2)c2ccccc2)c([N+](=O)[O-])c1. The minimum absolute atomic E-state index is 0.00507. The van der Waals surface area contributed by atoms with Gasteiger partial charge in [-0.05, 0) is 83.8 Å². The summed E-state index contributed by atoms with van der Waals surface area (Å²) in [7, 11) is 3.83. The monoisotopic (exact) mass is 652 g/mol. The lowest BCUT2D eigenvalue weighted by Crippen LogP contribution is -2.37.